The zero-order chi connectivity index (χ0) is 17.3. The smallest absolute Gasteiger partial charge is 0.281 e. The summed E-state index contributed by atoms with van der Waals surface area (Å²) in [6.07, 6.45) is 5.91. The van der Waals surface area contributed by atoms with Crippen LogP contribution in [0.5, 0.6) is 0 Å². The summed E-state index contributed by atoms with van der Waals surface area (Å²) in [5, 5.41) is 12.0. The van der Waals surface area contributed by atoms with E-state index in [1.54, 1.807) is 8.61 Å². The summed E-state index contributed by atoms with van der Waals surface area (Å²) in [5.74, 6) is 2.36. The first-order valence-corrected chi connectivity index (χ1v) is 10.9. The summed E-state index contributed by atoms with van der Waals surface area (Å²) >= 11 is 0. The van der Waals surface area contributed by atoms with Crippen molar-refractivity contribution in [2.45, 2.75) is 57.5 Å². The molecule has 9 heteroatoms. The lowest BCUT2D eigenvalue weighted by Crippen LogP contribution is -2.47. The highest BCUT2D eigenvalue weighted by Crippen LogP contribution is 2.30. The van der Waals surface area contributed by atoms with Gasteiger partial charge in [0.15, 0.2) is 0 Å². The van der Waals surface area contributed by atoms with E-state index >= 15 is 0 Å². The Bertz CT molecular complexity index is 687. The number of piperidine rings is 1. The molecule has 8 nitrogen and oxygen atoms in total. The lowest BCUT2D eigenvalue weighted by Gasteiger charge is -2.34. The minimum atomic E-state index is -3.30. The van der Waals surface area contributed by atoms with Gasteiger partial charge in [-0.15, -0.1) is 10.2 Å². The highest BCUT2D eigenvalue weighted by atomic mass is 32.2. The number of fused-ring (bicyclic) bond motifs is 1. The summed E-state index contributed by atoms with van der Waals surface area (Å²) < 4.78 is 31.5. The van der Waals surface area contributed by atoms with E-state index in [1.165, 1.54) is 0 Å². The Hall–Kier alpha value is -1.03. The zero-order valence-corrected chi connectivity index (χ0v) is 15.5. The summed E-state index contributed by atoms with van der Waals surface area (Å²) in [7, 11) is -3.30. The van der Waals surface area contributed by atoms with Gasteiger partial charge in [0.2, 0.25) is 0 Å². The third-order valence-corrected chi connectivity index (χ3v) is 7.72. The van der Waals surface area contributed by atoms with E-state index in [0.717, 1.165) is 69.8 Å². The van der Waals surface area contributed by atoms with Gasteiger partial charge >= 0.3 is 0 Å². The molecule has 0 bridgehead atoms. The van der Waals surface area contributed by atoms with Crippen molar-refractivity contribution in [2.24, 2.45) is 0 Å². The van der Waals surface area contributed by atoms with Gasteiger partial charge in [-0.25, -0.2) is 0 Å². The van der Waals surface area contributed by atoms with Gasteiger partial charge in [0.25, 0.3) is 10.2 Å². The Morgan fingerprint density at radius 2 is 1.56 bits per heavy atom. The van der Waals surface area contributed by atoms with Gasteiger partial charge in [-0.3, -0.25) is 0 Å². The van der Waals surface area contributed by atoms with Crippen LogP contribution in [0.3, 0.4) is 0 Å². The molecule has 140 valence electrons. The highest BCUT2D eigenvalue weighted by Gasteiger charge is 2.35. The molecular formula is C16H28N6O2S. The van der Waals surface area contributed by atoms with Crippen LogP contribution < -0.4 is 5.32 Å². The Kier molecular flexibility index (Phi) is 5.08. The molecule has 25 heavy (non-hydrogen) atoms. The van der Waals surface area contributed by atoms with E-state index in [1.807, 2.05) is 0 Å². The quantitative estimate of drug-likeness (QED) is 0.848. The molecule has 0 unspecified atom stereocenters. The standard InChI is InChI=1S/C16H28N6O2S/c23-25(24,20-8-3-1-2-4-9-20)21-10-5-14(6-11-21)16-19-18-15-13-17-7-12-22(15)16/h14,17H,1-13H2. The van der Waals surface area contributed by atoms with Crippen molar-refractivity contribution in [1.29, 1.82) is 0 Å². The SMILES string of the molecule is O=S(=O)(N1CCCCCC1)N1CCC(c2nnc3n2CCNC3)CC1. The van der Waals surface area contributed by atoms with Crippen LogP contribution in [0.1, 0.15) is 56.1 Å². The second-order valence-corrected chi connectivity index (χ2v) is 9.23. The van der Waals surface area contributed by atoms with Crippen LogP contribution in [0.25, 0.3) is 0 Å². The first kappa shape index (κ1) is 17.4. The van der Waals surface area contributed by atoms with E-state index in [9.17, 15) is 8.42 Å². The topological polar surface area (TPSA) is 83.4 Å². The summed E-state index contributed by atoms with van der Waals surface area (Å²) in [5.41, 5.74) is 0. The van der Waals surface area contributed by atoms with E-state index < -0.39 is 10.2 Å². The van der Waals surface area contributed by atoms with E-state index in [2.05, 4.69) is 20.1 Å². The molecular weight excluding hydrogens is 340 g/mol. The monoisotopic (exact) mass is 368 g/mol. The van der Waals surface area contributed by atoms with Crippen molar-refractivity contribution < 1.29 is 8.42 Å². The zero-order valence-electron chi connectivity index (χ0n) is 14.7. The molecule has 0 atom stereocenters. The number of hydrogen-bond donors (Lipinski definition) is 1. The highest BCUT2D eigenvalue weighted by molar-refractivity contribution is 7.86. The van der Waals surface area contributed by atoms with E-state index in [4.69, 9.17) is 0 Å². The van der Waals surface area contributed by atoms with Crippen molar-refractivity contribution in [3.8, 4) is 0 Å². The van der Waals surface area contributed by atoms with Gasteiger partial charge in [0.1, 0.15) is 11.6 Å². The summed E-state index contributed by atoms with van der Waals surface area (Å²) in [4.78, 5) is 0. The maximum absolute atomic E-state index is 12.9. The van der Waals surface area contributed by atoms with Gasteiger partial charge in [-0.2, -0.15) is 17.0 Å². The fourth-order valence-corrected chi connectivity index (χ4v) is 5.92. The molecule has 0 saturated carbocycles. The van der Waals surface area contributed by atoms with Gasteiger partial charge < -0.3 is 9.88 Å². The largest absolute Gasteiger partial charge is 0.312 e. The molecule has 2 fully saturated rings. The van der Waals surface area contributed by atoms with Crippen LogP contribution in [0.4, 0.5) is 0 Å². The fraction of sp³-hybridized carbons (Fsp3) is 0.875. The van der Waals surface area contributed by atoms with Crippen molar-refractivity contribution >= 4 is 10.2 Å². The Morgan fingerprint density at radius 1 is 0.880 bits per heavy atom. The minimum absolute atomic E-state index is 0.315. The maximum atomic E-state index is 12.9. The third-order valence-electron chi connectivity index (χ3n) is 5.69. The first-order valence-electron chi connectivity index (χ1n) is 9.54. The molecule has 0 aliphatic carbocycles. The average Bonchev–Trinajstić information content (AvgIpc) is 2.87. The Balaban J connectivity index is 1.42. The number of nitrogens with one attached hydrogen (secondary N) is 1. The first-order chi connectivity index (χ1) is 12.2. The van der Waals surface area contributed by atoms with Crippen LogP contribution in [0.2, 0.25) is 0 Å². The maximum Gasteiger partial charge on any atom is 0.281 e. The Morgan fingerprint density at radius 3 is 2.28 bits per heavy atom. The molecule has 0 spiro atoms. The van der Waals surface area contributed by atoms with Crippen LogP contribution in [0.15, 0.2) is 0 Å². The molecule has 4 heterocycles. The lowest BCUT2D eigenvalue weighted by atomic mass is 9.97. The van der Waals surface area contributed by atoms with Gasteiger partial charge in [-0.05, 0) is 25.7 Å². The van der Waals surface area contributed by atoms with Crippen LogP contribution in [0, 0.1) is 0 Å². The van der Waals surface area contributed by atoms with Crippen LogP contribution in [-0.4, -0.2) is 64.5 Å². The molecule has 4 rings (SSSR count). The minimum Gasteiger partial charge on any atom is -0.312 e. The van der Waals surface area contributed by atoms with Gasteiger partial charge in [0, 0.05) is 45.2 Å². The molecule has 1 aromatic heterocycles. The summed E-state index contributed by atoms with van der Waals surface area (Å²) in [6.45, 7) is 5.15. The van der Waals surface area contributed by atoms with Gasteiger partial charge in [-0.1, -0.05) is 12.8 Å². The van der Waals surface area contributed by atoms with Crippen molar-refractivity contribution in [3.63, 3.8) is 0 Å². The lowest BCUT2D eigenvalue weighted by molar-refractivity contribution is 0.280. The predicted molar refractivity (Wildman–Crippen MR) is 94.2 cm³/mol. The molecule has 1 aromatic rings. The molecule has 0 aromatic carbocycles. The van der Waals surface area contributed by atoms with Gasteiger partial charge in [0.05, 0.1) is 6.54 Å². The van der Waals surface area contributed by atoms with Crippen molar-refractivity contribution in [3.05, 3.63) is 11.6 Å². The molecule has 0 radical (unpaired) electrons. The average molecular weight is 369 g/mol. The fourth-order valence-electron chi connectivity index (χ4n) is 4.20. The second kappa shape index (κ2) is 7.30. The number of hydrogen-bond acceptors (Lipinski definition) is 5. The molecule has 1 N–H and O–H groups in total. The van der Waals surface area contributed by atoms with Crippen LogP contribution in [-0.2, 0) is 23.3 Å². The third kappa shape index (κ3) is 3.47. The number of aromatic nitrogens is 3. The number of rotatable bonds is 3. The normalized spacial score (nSPS) is 24.8. The summed E-state index contributed by atoms with van der Waals surface area (Å²) in [6, 6.07) is 0. The number of nitrogens with zero attached hydrogens (tertiary/aromatic N) is 5. The molecule has 3 aliphatic heterocycles. The molecule has 3 aliphatic rings. The van der Waals surface area contributed by atoms with E-state index in [-0.39, 0.29) is 0 Å². The van der Waals surface area contributed by atoms with Crippen molar-refractivity contribution in [1.82, 2.24) is 28.7 Å². The predicted octanol–water partition coefficient (Wildman–Crippen LogP) is 0.682. The second-order valence-electron chi connectivity index (χ2n) is 7.30. The Labute approximate surface area is 149 Å². The molecule has 2 saturated heterocycles. The van der Waals surface area contributed by atoms with Crippen molar-refractivity contribution in [2.75, 3.05) is 32.7 Å². The van der Waals surface area contributed by atoms with Crippen LogP contribution >= 0.6 is 0 Å². The van der Waals surface area contributed by atoms with E-state index in [0.29, 0.717) is 32.1 Å². The molecule has 0 amide bonds.